The van der Waals surface area contributed by atoms with Crippen LogP contribution in [0.5, 0.6) is 0 Å². The fourth-order valence-electron chi connectivity index (χ4n) is 2.06. The largest absolute Gasteiger partial charge is 0.389 e. The summed E-state index contributed by atoms with van der Waals surface area (Å²) in [5, 5.41) is 15.0. The zero-order valence-electron chi connectivity index (χ0n) is 9.18. The van der Waals surface area contributed by atoms with Crippen LogP contribution in [-0.4, -0.2) is 36.5 Å². The van der Waals surface area contributed by atoms with Gasteiger partial charge in [-0.25, -0.2) is 4.98 Å². The van der Waals surface area contributed by atoms with Gasteiger partial charge in [-0.2, -0.15) is 16.9 Å². The van der Waals surface area contributed by atoms with Gasteiger partial charge in [0.1, 0.15) is 12.2 Å². The van der Waals surface area contributed by atoms with Crippen LogP contribution in [0.25, 0.3) is 0 Å². The van der Waals surface area contributed by atoms with Gasteiger partial charge in [0, 0.05) is 24.0 Å². The van der Waals surface area contributed by atoms with Gasteiger partial charge in [0.15, 0.2) is 0 Å². The topological polar surface area (TPSA) is 50.9 Å². The first-order chi connectivity index (χ1) is 7.13. The Balaban J connectivity index is 2.08. The molecule has 1 saturated heterocycles. The maximum absolute atomic E-state index is 10.4. The summed E-state index contributed by atoms with van der Waals surface area (Å²) in [7, 11) is 0. The minimum absolute atomic E-state index is 0.549. The molecule has 0 amide bonds. The molecule has 1 aromatic rings. The summed E-state index contributed by atoms with van der Waals surface area (Å²) >= 11 is 1.83. The van der Waals surface area contributed by atoms with Gasteiger partial charge in [-0.1, -0.05) is 6.92 Å². The van der Waals surface area contributed by atoms with E-state index in [9.17, 15) is 5.11 Å². The quantitative estimate of drug-likeness (QED) is 0.840. The van der Waals surface area contributed by atoms with Crippen LogP contribution in [-0.2, 0) is 13.0 Å². The number of hydrogen-bond acceptors (Lipinski definition) is 4. The normalized spacial score (nSPS) is 31.0. The molecule has 5 heteroatoms. The van der Waals surface area contributed by atoms with E-state index >= 15 is 0 Å². The molecule has 0 spiro atoms. The first-order valence-corrected chi connectivity index (χ1v) is 6.38. The highest BCUT2D eigenvalue weighted by molar-refractivity contribution is 8.00. The molecule has 4 nitrogen and oxygen atoms in total. The fraction of sp³-hybridized carbons (Fsp3) is 0.800. The third-order valence-electron chi connectivity index (χ3n) is 2.79. The number of aliphatic hydroxyl groups is 1. The van der Waals surface area contributed by atoms with Crippen molar-refractivity contribution in [2.24, 2.45) is 0 Å². The van der Waals surface area contributed by atoms with E-state index in [0.29, 0.717) is 11.7 Å². The minimum atomic E-state index is -0.579. The molecular weight excluding hydrogens is 210 g/mol. The lowest BCUT2D eigenvalue weighted by molar-refractivity contribution is 0.0610. The zero-order valence-corrected chi connectivity index (χ0v) is 10.00. The Bertz CT molecular complexity index is 341. The van der Waals surface area contributed by atoms with Crippen molar-refractivity contribution in [1.82, 2.24) is 14.8 Å². The number of thioether (sulfide) groups is 1. The molecule has 2 heterocycles. The lowest BCUT2D eigenvalue weighted by Crippen LogP contribution is -2.33. The van der Waals surface area contributed by atoms with Gasteiger partial charge in [-0.05, 0) is 13.3 Å². The van der Waals surface area contributed by atoms with Crippen LogP contribution in [0.4, 0.5) is 0 Å². The van der Waals surface area contributed by atoms with E-state index in [1.54, 1.807) is 6.33 Å². The highest BCUT2D eigenvalue weighted by Crippen LogP contribution is 2.36. The van der Waals surface area contributed by atoms with Crippen molar-refractivity contribution in [1.29, 1.82) is 0 Å². The first-order valence-electron chi connectivity index (χ1n) is 5.33. The smallest absolute Gasteiger partial charge is 0.138 e. The predicted octanol–water partition coefficient (Wildman–Crippen LogP) is 1.10. The molecule has 1 fully saturated rings. The first kappa shape index (κ1) is 11.0. The summed E-state index contributed by atoms with van der Waals surface area (Å²) in [6, 6.07) is 0. The van der Waals surface area contributed by atoms with Gasteiger partial charge in [-0.15, -0.1) is 0 Å². The number of nitrogens with zero attached hydrogens (tertiary/aromatic N) is 3. The van der Waals surface area contributed by atoms with Crippen molar-refractivity contribution in [3.8, 4) is 0 Å². The molecule has 0 bridgehead atoms. The number of rotatable bonds is 3. The third kappa shape index (κ3) is 2.34. The molecular formula is C10H17N3OS. The van der Waals surface area contributed by atoms with E-state index in [4.69, 9.17) is 0 Å². The molecule has 1 aromatic heterocycles. The summed E-state index contributed by atoms with van der Waals surface area (Å²) < 4.78 is 1.85. The van der Waals surface area contributed by atoms with Gasteiger partial charge in [-0.3, -0.25) is 4.68 Å². The second-order valence-corrected chi connectivity index (χ2v) is 5.65. The van der Waals surface area contributed by atoms with Crippen LogP contribution in [0.1, 0.15) is 26.1 Å². The number of hydrogen-bond donors (Lipinski definition) is 1. The van der Waals surface area contributed by atoms with E-state index in [0.717, 1.165) is 24.5 Å². The molecule has 2 atom stereocenters. The molecule has 0 aliphatic carbocycles. The number of aryl methyl sites for hydroxylation is 1. The highest BCUT2D eigenvalue weighted by Gasteiger charge is 2.37. The van der Waals surface area contributed by atoms with Gasteiger partial charge in [0.2, 0.25) is 0 Å². The van der Waals surface area contributed by atoms with Crippen LogP contribution in [0.3, 0.4) is 0 Å². The third-order valence-corrected chi connectivity index (χ3v) is 4.23. The minimum Gasteiger partial charge on any atom is -0.389 e. The van der Waals surface area contributed by atoms with Crippen LogP contribution < -0.4 is 0 Å². The summed E-state index contributed by atoms with van der Waals surface area (Å²) in [6.45, 7) is 5.01. The summed E-state index contributed by atoms with van der Waals surface area (Å²) in [5.74, 6) is 1.71. The molecule has 0 saturated carbocycles. The Kier molecular flexibility index (Phi) is 3.02. The van der Waals surface area contributed by atoms with Crippen LogP contribution in [0.15, 0.2) is 6.33 Å². The maximum Gasteiger partial charge on any atom is 0.138 e. The average molecular weight is 227 g/mol. The molecule has 2 unspecified atom stereocenters. The van der Waals surface area contributed by atoms with Gasteiger partial charge < -0.3 is 5.11 Å². The standard InChI is InChI=1S/C10H17N3OS/c1-3-13-9(11-7-12-13)5-10(14)4-8(2)15-6-10/h7-8,14H,3-6H2,1-2H3. The van der Waals surface area contributed by atoms with Gasteiger partial charge >= 0.3 is 0 Å². The lowest BCUT2D eigenvalue weighted by atomic mass is 9.96. The number of aromatic nitrogens is 3. The molecule has 0 radical (unpaired) electrons. The Morgan fingerprint density at radius 1 is 1.73 bits per heavy atom. The van der Waals surface area contributed by atoms with E-state index < -0.39 is 5.60 Å². The second kappa shape index (κ2) is 4.14. The van der Waals surface area contributed by atoms with E-state index in [-0.39, 0.29) is 0 Å². The van der Waals surface area contributed by atoms with E-state index in [2.05, 4.69) is 17.0 Å². The molecule has 0 aromatic carbocycles. The highest BCUT2D eigenvalue weighted by atomic mass is 32.2. The molecule has 15 heavy (non-hydrogen) atoms. The summed E-state index contributed by atoms with van der Waals surface area (Å²) in [6.07, 6.45) is 3.04. The molecule has 1 aliphatic heterocycles. The van der Waals surface area contributed by atoms with Crippen molar-refractivity contribution in [3.05, 3.63) is 12.2 Å². The molecule has 2 rings (SSSR count). The van der Waals surface area contributed by atoms with Gasteiger partial charge in [0.05, 0.1) is 5.60 Å². The van der Waals surface area contributed by atoms with E-state index in [1.165, 1.54) is 0 Å². The van der Waals surface area contributed by atoms with Crippen LogP contribution in [0.2, 0.25) is 0 Å². The van der Waals surface area contributed by atoms with E-state index in [1.807, 2.05) is 23.4 Å². The Labute approximate surface area is 94.1 Å². The van der Waals surface area contributed by atoms with Crippen LogP contribution >= 0.6 is 11.8 Å². The Hall–Kier alpha value is -0.550. The van der Waals surface area contributed by atoms with Crippen molar-refractivity contribution in [3.63, 3.8) is 0 Å². The Morgan fingerprint density at radius 2 is 2.53 bits per heavy atom. The monoisotopic (exact) mass is 227 g/mol. The zero-order chi connectivity index (χ0) is 10.9. The fourth-order valence-corrected chi connectivity index (χ4v) is 3.30. The summed E-state index contributed by atoms with van der Waals surface area (Å²) in [5.41, 5.74) is -0.579. The molecule has 84 valence electrons. The van der Waals surface area contributed by atoms with Crippen molar-refractivity contribution in [2.75, 3.05) is 5.75 Å². The van der Waals surface area contributed by atoms with Crippen molar-refractivity contribution >= 4 is 11.8 Å². The van der Waals surface area contributed by atoms with Gasteiger partial charge in [0.25, 0.3) is 0 Å². The lowest BCUT2D eigenvalue weighted by Gasteiger charge is -2.20. The second-order valence-electron chi connectivity index (χ2n) is 4.22. The van der Waals surface area contributed by atoms with Crippen molar-refractivity contribution < 1.29 is 5.11 Å². The summed E-state index contributed by atoms with van der Waals surface area (Å²) in [4.78, 5) is 4.20. The molecule has 1 aliphatic rings. The predicted molar refractivity (Wildman–Crippen MR) is 60.9 cm³/mol. The molecule has 1 N–H and O–H groups in total. The SMILES string of the molecule is CCn1ncnc1CC1(O)CSC(C)C1. The average Bonchev–Trinajstić information content (AvgIpc) is 2.74. The maximum atomic E-state index is 10.4. The van der Waals surface area contributed by atoms with Crippen molar-refractivity contribution in [2.45, 2.75) is 44.1 Å². The van der Waals surface area contributed by atoms with Crippen LogP contribution in [0, 0.1) is 0 Å². The Morgan fingerprint density at radius 3 is 3.13 bits per heavy atom.